The first-order valence-electron chi connectivity index (χ1n) is 5.60. The predicted octanol–water partition coefficient (Wildman–Crippen LogP) is 1.82. The van der Waals surface area contributed by atoms with E-state index in [-0.39, 0.29) is 5.97 Å². The molecule has 2 aromatic rings. The fraction of sp³-hybridized carbons (Fsp3) is 0.231. The highest BCUT2D eigenvalue weighted by Crippen LogP contribution is 2.12. The van der Waals surface area contributed by atoms with E-state index in [2.05, 4.69) is 15.2 Å². The summed E-state index contributed by atoms with van der Waals surface area (Å²) in [7, 11) is 3.26. The molecule has 1 N–H and O–H groups in total. The molecule has 0 saturated carbocycles. The Labute approximate surface area is 105 Å². The van der Waals surface area contributed by atoms with E-state index in [0.29, 0.717) is 12.1 Å². The Balaban J connectivity index is 2.06. The van der Waals surface area contributed by atoms with Gasteiger partial charge in [0.2, 0.25) is 0 Å². The van der Waals surface area contributed by atoms with Gasteiger partial charge in [-0.1, -0.05) is 6.07 Å². The van der Waals surface area contributed by atoms with Gasteiger partial charge in [-0.25, -0.2) is 4.79 Å². The van der Waals surface area contributed by atoms with E-state index in [9.17, 15) is 4.79 Å². The SMILES string of the molecule is COC(=O)c1cccc(NCc2ccnn2C)c1. The maximum atomic E-state index is 11.4. The molecule has 0 aliphatic rings. The van der Waals surface area contributed by atoms with Crippen LogP contribution in [0.3, 0.4) is 0 Å². The predicted molar refractivity (Wildman–Crippen MR) is 68.3 cm³/mol. The third-order valence-corrected chi connectivity index (χ3v) is 2.68. The lowest BCUT2D eigenvalue weighted by Crippen LogP contribution is -2.06. The largest absolute Gasteiger partial charge is 0.465 e. The van der Waals surface area contributed by atoms with Crippen molar-refractivity contribution in [2.75, 3.05) is 12.4 Å². The summed E-state index contributed by atoms with van der Waals surface area (Å²) in [5, 5.41) is 7.33. The molecule has 0 fully saturated rings. The fourth-order valence-corrected chi connectivity index (χ4v) is 1.64. The molecule has 1 aromatic heterocycles. The van der Waals surface area contributed by atoms with Crippen LogP contribution >= 0.6 is 0 Å². The van der Waals surface area contributed by atoms with E-state index in [1.165, 1.54) is 7.11 Å². The number of methoxy groups -OCH3 is 1. The molecular formula is C13H15N3O2. The van der Waals surface area contributed by atoms with E-state index in [0.717, 1.165) is 11.4 Å². The number of anilines is 1. The van der Waals surface area contributed by atoms with Crippen molar-refractivity contribution in [2.24, 2.45) is 7.05 Å². The standard InChI is InChI=1S/C13H15N3O2/c1-16-12(6-7-15-16)9-14-11-5-3-4-10(8-11)13(17)18-2/h3-8,14H,9H2,1-2H3. The molecule has 1 heterocycles. The van der Waals surface area contributed by atoms with Crippen LogP contribution in [0.4, 0.5) is 5.69 Å². The molecule has 2 rings (SSSR count). The lowest BCUT2D eigenvalue weighted by Gasteiger charge is -2.08. The lowest BCUT2D eigenvalue weighted by atomic mass is 10.2. The van der Waals surface area contributed by atoms with Gasteiger partial charge in [0.25, 0.3) is 0 Å². The number of rotatable bonds is 4. The van der Waals surface area contributed by atoms with Crippen molar-refractivity contribution in [3.63, 3.8) is 0 Å². The van der Waals surface area contributed by atoms with Crippen molar-refractivity contribution in [1.82, 2.24) is 9.78 Å². The van der Waals surface area contributed by atoms with Crippen LogP contribution in [0.25, 0.3) is 0 Å². The normalized spacial score (nSPS) is 10.1. The molecule has 0 atom stereocenters. The van der Waals surface area contributed by atoms with Crippen molar-refractivity contribution >= 4 is 11.7 Å². The molecule has 0 unspecified atom stereocenters. The number of hydrogen-bond donors (Lipinski definition) is 1. The third kappa shape index (κ3) is 2.68. The van der Waals surface area contributed by atoms with E-state index in [1.807, 2.05) is 25.2 Å². The number of carbonyl (C=O) groups excluding carboxylic acids is 1. The molecule has 0 aliphatic carbocycles. The maximum Gasteiger partial charge on any atom is 0.337 e. The van der Waals surface area contributed by atoms with Gasteiger partial charge in [0.15, 0.2) is 0 Å². The second-order valence-electron chi connectivity index (χ2n) is 3.87. The Bertz CT molecular complexity index is 549. The number of benzene rings is 1. The molecule has 0 saturated heterocycles. The zero-order chi connectivity index (χ0) is 13.0. The smallest absolute Gasteiger partial charge is 0.337 e. The molecule has 0 radical (unpaired) electrons. The van der Waals surface area contributed by atoms with Crippen LogP contribution in [0.1, 0.15) is 16.1 Å². The molecule has 0 amide bonds. The summed E-state index contributed by atoms with van der Waals surface area (Å²) >= 11 is 0. The van der Waals surface area contributed by atoms with E-state index in [4.69, 9.17) is 0 Å². The Morgan fingerprint density at radius 2 is 2.28 bits per heavy atom. The van der Waals surface area contributed by atoms with Crippen LogP contribution in [0.15, 0.2) is 36.5 Å². The zero-order valence-corrected chi connectivity index (χ0v) is 10.4. The van der Waals surface area contributed by atoms with Crippen LogP contribution in [0, 0.1) is 0 Å². The fourth-order valence-electron chi connectivity index (χ4n) is 1.64. The average molecular weight is 245 g/mol. The molecule has 18 heavy (non-hydrogen) atoms. The zero-order valence-electron chi connectivity index (χ0n) is 10.4. The van der Waals surface area contributed by atoms with Crippen LogP contribution in [0.5, 0.6) is 0 Å². The maximum absolute atomic E-state index is 11.4. The van der Waals surface area contributed by atoms with Gasteiger partial charge in [-0.2, -0.15) is 5.10 Å². The van der Waals surface area contributed by atoms with Gasteiger partial charge in [0.1, 0.15) is 0 Å². The number of nitrogens with zero attached hydrogens (tertiary/aromatic N) is 2. The second-order valence-corrected chi connectivity index (χ2v) is 3.87. The monoisotopic (exact) mass is 245 g/mol. The van der Waals surface area contributed by atoms with Gasteiger partial charge in [-0.05, 0) is 24.3 Å². The van der Waals surface area contributed by atoms with Crippen molar-refractivity contribution < 1.29 is 9.53 Å². The molecule has 5 nitrogen and oxygen atoms in total. The highest BCUT2D eigenvalue weighted by Gasteiger charge is 2.05. The number of carbonyl (C=O) groups is 1. The molecule has 94 valence electrons. The van der Waals surface area contributed by atoms with Crippen LogP contribution in [-0.2, 0) is 18.3 Å². The summed E-state index contributed by atoms with van der Waals surface area (Å²) in [6.07, 6.45) is 1.75. The first-order chi connectivity index (χ1) is 8.70. The summed E-state index contributed by atoms with van der Waals surface area (Å²) in [5.74, 6) is -0.334. The quantitative estimate of drug-likeness (QED) is 0.835. The van der Waals surface area contributed by atoms with Gasteiger partial charge in [0.05, 0.1) is 24.9 Å². The average Bonchev–Trinajstić information content (AvgIpc) is 2.81. The van der Waals surface area contributed by atoms with Gasteiger partial charge < -0.3 is 10.1 Å². The van der Waals surface area contributed by atoms with Crippen molar-refractivity contribution in [2.45, 2.75) is 6.54 Å². The first-order valence-corrected chi connectivity index (χ1v) is 5.60. The third-order valence-electron chi connectivity index (χ3n) is 2.68. The molecule has 1 aromatic carbocycles. The number of esters is 1. The molecule has 0 aliphatic heterocycles. The molecule has 0 bridgehead atoms. The van der Waals surface area contributed by atoms with Gasteiger partial charge in [0, 0.05) is 18.9 Å². The summed E-state index contributed by atoms with van der Waals surface area (Å²) < 4.78 is 6.48. The van der Waals surface area contributed by atoms with Crippen LogP contribution < -0.4 is 5.32 Å². The summed E-state index contributed by atoms with van der Waals surface area (Å²) in [6, 6.07) is 9.15. The van der Waals surface area contributed by atoms with Crippen molar-refractivity contribution in [3.05, 3.63) is 47.8 Å². The van der Waals surface area contributed by atoms with Crippen LogP contribution in [0.2, 0.25) is 0 Å². The van der Waals surface area contributed by atoms with E-state index >= 15 is 0 Å². The Hall–Kier alpha value is -2.30. The number of hydrogen-bond acceptors (Lipinski definition) is 4. The minimum atomic E-state index is -0.334. The van der Waals surface area contributed by atoms with E-state index in [1.54, 1.807) is 23.0 Å². The highest BCUT2D eigenvalue weighted by molar-refractivity contribution is 5.90. The Morgan fingerprint density at radius 3 is 2.94 bits per heavy atom. The summed E-state index contributed by atoms with van der Waals surface area (Å²) in [4.78, 5) is 11.4. The van der Waals surface area contributed by atoms with Crippen molar-refractivity contribution in [1.29, 1.82) is 0 Å². The minimum absolute atomic E-state index is 0.334. The second kappa shape index (κ2) is 5.35. The molecule has 0 spiro atoms. The summed E-state index contributed by atoms with van der Waals surface area (Å²) in [5.41, 5.74) is 2.48. The topological polar surface area (TPSA) is 56.1 Å². The van der Waals surface area contributed by atoms with E-state index < -0.39 is 0 Å². The lowest BCUT2D eigenvalue weighted by molar-refractivity contribution is 0.0601. The van der Waals surface area contributed by atoms with Gasteiger partial charge >= 0.3 is 5.97 Å². The Kier molecular flexibility index (Phi) is 3.62. The van der Waals surface area contributed by atoms with Crippen molar-refractivity contribution in [3.8, 4) is 0 Å². The first kappa shape index (κ1) is 12.2. The Morgan fingerprint density at radius 1 is 1.44 bits per heavy atom. The number of aryl methyl sites for hydroxylation is 1. The minimum Gasteiger partial charge on any atom is -0.465 e. The molecule has 5 heteroatoms. The molecular weight excluding hydrogens is 230 g/mol. The number of aromatic nitrogens is 2. The summed E-state index contributed by atoms with van der Waals surface area (Å²) in [6.45, 7) is 0.654. The van der Waals surface area contributed by atoms with Crippen LogP contribution in [-0.4, -0.2) is 22.9 Å². The number of ether oxygens (including phenoxy) is 1. The van der Waals surface area contributed by atoms with Gasteiger partial charge in [-0.3, -0.25) is 4.68 Å². The number of nitrogens with one attached hydrogen (secondary N) is 1. The highest BCUT2D eigenvalue weighted by atomic mass is 16.5. The van der Waals surface area contributed by atoms with Gasteiger partial charge in [-0.15, -0.1) is 0 Å².